The van der Waals surface area contributed by atoms with Crippen LogP contribution in [0.4, 0.5) is 15.8 Å². The number of nitrogens with one attached hydrogen (secondary N) is 1. The van der Waals surface area contributed by atoms with E-state index < -0.39 is 39.2 Å². The third-order valence-electron chi connectivity index (χ3n) is 4.97. The van der Waals surface area contributed by atoms with Gasteiger partial charge in [0.1, 0.15) is 0 Å². The average Bonchev–Trinajstić information content (AvgIpc) is 2.77. The van der Waals surface area contributed by atoms with E-state index in [9.17, 15) is 28.9 Å². The minimum atomic E-state index is -1.12. The normalized spacial score (nSPS) is 12.7. The lowest BCUT2D eigenvalue weighted by Crippen LogP contribution is -2.21. The van der Waals surface area contributed by atoms with Crippen molar-refractivity contribution in [1.82, 2.24) is 0 Å². The van der Waals surface area contributed by atoms with Gasteiger partial charge in [-0.25, -0.2) is 4.39 Å². The maximum absolute atomic E-state index is 15.0. The van der Waals surface area contributed by atoms with Crippen molar-refractivity contribution in [3.63, 3.8) is 0 Å². The highest BCUT2D eigenvalue weighted by Gasteiger charge is 2.27. The summed E-state index contributed by atoms with van der Waals surface area (Å²) in [7, 11) is 0. The number of hydrogen-bond donors (Lipinski definition) is 2. The van der Waals surface area contributed by atoms with Crippen molar-refractivity contribution in [2.45, 2.75) is 0 Å². The van der Waals surface area contributed by atoms with Gasteiger partial charge in [-0.2, -0.15) is 0 Å². The highest BCUT2D eigenvalue weighted by molar-refractivity contribution is 6.25. The number of carbonyl (C=O) groups excluding carboxylic acids is 3. The lowest BCUT2D eigenvalue weighted by atomic mass is 9.92. The van der Waals surface area contributed by atoms with Crippen molar-refractivity contribution >= 4 is 28.8 Å². The number of halogens is 1. The number of fused-ring (bicyclic) bond motifs is 1. The summed E-state index contributed by atoms with van der Waals surface area (Å²) in [6.07, 6.45) is 1.16. The number of allylic oxidation sites excluding steroid dienone is 2. The number of hydrogen-bond acceptors (Lipinski definition) is 6. The number of anilines is 1. The first kappa shape index (κ1) is 20.6. The molecule has 3 N–H and O–H groups in total. The Hall–Kier alpha value is -4.66. The standard InChI is InChI=1S/C23H14FN3O5/c24-21-16(23(25)30)8-9-18(27(31)32)20(21)12-4-3-5-13(10-12)26-17-11-19(28)14-6-1-2-7-15(14)22(17)29/h1-11,26H,(H2,25,30). The van der Waals surface area contributed by atoms with E-state index in [0.717, 1.165) is 18.2 Å². The summed E-state index contributed by atoms with van der Waals surface area (Å²) < 4.78 is 15.0. The molecule has 3 aromatic rings. The highest BCUT2D eigenvalue weighted by atomic mass is 19.1. The number of rotatable bonds is 5. The molecule has 0 spiro atoms. The number of nitrogens with two attached hydrogens (primary N) is 1. The fourth-order valence-electron chi connectivity index (χ4n) is 3.50. The van der Waals surface area contributed by atoms with Crippen LogP contribution in [-0.4, -0.2) is 22.4 Å². The van der Waals surface area contributed by atoms with Crippen LogP contribution in [0, 0.1) is 15.9 Å². The van der Waals surface area contributed by atoms with Gasteiger partial charge < -0.3 is 11.1 Å². The second kappa shape index (κ2) is 7.88. The van der Waals surface area contributed by atoms with Gasteiger partial charge in [0.25, 0.3) is 11.6 Å². The molecule has 32 heavy (non-hydrogen) atoms. The minimum Gasteiger partial charge on any atom is -0.366 e. The zero-order chi connectivity index (χ0) is 23.0. The van der Waals surface area contributed by atoms with Crippen molar-refractivity contribution in [3.8, 4) is 11.1 Å². The molecule has 0 saturated heterocycles. The van der Waals surface area contributed by atoms with Gasteiger partial charge in [-0.05, 0) is 23.8 Å². The van der Waals surface area contributed by atoms with Crippen LogP contribution in [-0.2, 0) is 0 Å². The molecule has 0 fully saturated rings. The predicted octanol–water partition coefficient (Wildman–Crippen LogP) is 3.87. The first-order valence-electron chi connectivity index (χ1n) is 9.32. The predicted molar refractivity (Wildman–Crippen MR) is 114 cm³/mol. The van der Waals surface area contributed by atoms with E-state index in [1.807, 2.05) is 0 Å². The molecule has 1 aliphatic rings. The Bertz CT molecular complexity index is 1360. The number of nitrogens with zero attached hydrogens (tertiary/aromatic N) is 1. The average molecular weight is 431 g/mol. The van der Waals surface area contributed by atoms with Crippen molar-refractivity contribution in [1.29, 1.82) is 0 Å². The van der Waals surface area contributed by atoms with E-state index in [1.165, 1.54) is 24.3 Å². The molecule has 0 bridgehead atoms. The molecular weight excluding hydrogens is 417 g/mol. The third-order valence-corrected chi connectivity index (χ3v) is 4.97. The number of carbonyl (C=O) groups is 3. The van der Waals surface area contributed by atoms with E-state index in [2.05, 4.69) is 5.32 Å². The Kier molecular flexibility index (Phi) is 5.07. The van der Waals surface area contributed by atoms with Crippen molar-refractivity contribution < 1.29 is 23.7 Å². The summed E-state index contributed by atoms with van der Waals surface area (Å²) in [4.78, 5) is 47.3. The second-order valence-corrected chi connectivity index (χ2v) is 6.95. The largest absolute Gasteiger partial charge is 0.366 e. The summed E-state index contributed by atoms with van der Waals surface area (Å²) in [6.45, 7) is 0. The first-order valence-corrected chi connectivity index (χ1v) is 9.32. The summed E-state index contributed by atoms with van der Waals surface area (Å²) in [5, 5.41) is 14.3. The van der Waals surface area contributed by atoms with Crippen LogP contribution in [0.15, 0.2) is 72.4 Å². The van der Waals surface area contributed by atoms with Gasteiger partial charge >= 0.3 is 0 Å². The molecule has 0 unspecified atom stereocenters. The zero-order valence-corrected chi connectivity index (χ0v) is 16.3. The molecule has 0 heterocycles. The third kappa shape index (κ3) is 3.52. The summed E-state index contributed by atoms with van der Waals surface area (Å²) in [5.74, 6) is -2.95. The molecule has 9 heteroatoms. The fourth-order valence-corrected chi connectivity index (χ4v) is 3.50. The van der Waals surface area contributed by atoms with E-state index in [4.69, 9.17) is 5.73 Å². The molecule has 3 aromatic carbocycles. The molecule has 0 atom stereocenters. The topological polar surface area (TPSA) is 132 Å². The second-order valence-electron chi connectivity index (χ2n) is 6.95. The van der Waals surface area contributed by atoms with Gasteiger partial charge in [-0.15, -0.1) is 0 Å². The number of primary amides is 1. The van der Waals surface area contributed by atoms with Gasteiger partial charge in [0, 0.05) is 29.0 Å². The van der Waals surface area contributed by atoms with Crippen LogP contribution in [0.1, 0.15) is 31.1 Å². The van der Waals surface area contributed by atoms with Crippen LogP contribution in [0.3, 0.4) is 0 Å². The number of amides is 1. The lowest BCUT2D eigenvalue weighted by Gasteiger charge is -2.17. The van der Waals surface area contributed by atoms with Crippen LogP contribution >= 0.6 is 0 Å². The first-order chi connectivity index (χ1) is 15.3. The Morgan fingerprint density at radius 1 is 1.00 bits per heavy atom. The van der Waals surface area contributed by atoms with Gasteiger partial charge in [0.15, 0.2) is 11.6 Å². The molecule has 1 aliphatic carbocycles. The molecule has 8 nitrogen and oxygen atoms in total. The van der Waals surface area contributed by atoms with Crippen LogP contribution in [0.25, 0.3) is 11.1 Å². The van der Waals surface area contributed by atoms with Crippen molar-refractivity contribution in [3.05, 3.63) is 105 Å². The van der Waals surface area contributed by atoms with E-state index in [-0.39, 0.29) is 33.9 Å². The van der Waals surface area contributed by atoms with Gasteiger partial charge in [0.2, 0.25) is 5.78 Å². The molecule has 4 rings (SSSR count). The molecule has 0 aromatic heterocycles. The zero-order valence-electron chi connectivity index (χ0n) is 16.3. The smallest absolute Gasteiger partial charge is 0.280 e. The number of benzene rings is 3. The van der Waals surface area contributed by atoms with Crippen LogP contribution in [0.5, 0.6) is 0 Å². The van der Waals surface area contributed by atoms with Gasteiger partial charge in [-0.1, -0.05) is 36.4 Å². The summed E-state index contributed by atoms with van der Waals surface area (Å²) in [5.41, 5.74) is 4.62. The summed E-state index contributed by atoms with van der Waals surface area (Å²) in [6, 6.07) is 14.2. The van der Waals surface area contributed by atoms with Gasteiger partial charge in [-0.3, -0.25) is 24.5 Å². The maximum Gasteiger partial charge on any atom is 0.280 e. The minimum absolute atomic E-state index is 0.00621. The number of Topliss-reactive ketones (excluding diaryl/α,β-unsaturated/α-hetero) is 1. The SMILES string of the molecule is NC(=O)c1ccc([N+](=O)[O-])c(-c2cccc(NC3=CC(=O)c4ccccc4C3=O)c2)c1F. The maximum atomic E-state index is 15.0. The Morgan fingerprint density at radius 2 is 1.72 bits per heavy atom. The van der Waals surface area contributed by atoms with E-state index in [1.54, 1.807) is 24.3 Å². The quantitative estimate of drug-likeness (QED) is 0.465. The van der Waals surface area contributed by atoms with Crippen molar-refractivity contribution in [2.24, 2.45) is 5.73 Å². The molecular formula is C23H14FN3O5. The molecule has 0 aliphatic heterocycles. The van der Waals surface area contributed by atoms with Gasteiger partial charge in [0.05, 0.1) is 21.7 Å². The number of ketones is 2. The summed E-state index contributed by atoms with van der Waals surface area (Å²) >= 11 is 0. The van der Waals surface area contributed by atoms with Crippen LogP contribution < -0.4 is 11.1 Å². The molecule has 1 amide bonds. The number of nitro benzene ring substituents is 1. The van der Waals surface area contributed by atoms with Crippen LogP contribution in [0.2, 0.25) is 0 Å². The highest BCUT2D eigenvalue weighted by Crippen LogP contribution is 2.35. The fraction of sp³-hybridized carbons (Fsp3) is 0. The Labute approximate surface area is 180 Å². The number of nitro groups is 1. The Balaban J connectivity index is 1.76. The van der Waals surface area contributed by atoms with Crippen molar-refractivity contribution in [2.75, 3.05) is 5.32 Å². The molecule has 158 valence electrons. The molecule has 0 radical (unpaired) electrons. The Morgan fingerprint density at radius 3 is 2.41 bits per heavy atom. The lowest BCUT2D eigenvalue weighted by molar-refractivity contribution is -0.384. The monoisotopic (exact) mass is 431 g/mol. The van der Waals surface area contributed by atoms with E-state index >= 15 is 0 Å². The molecule has 0 saturated carbocycles. The van der Waals surface area contributed by atoms with E-state index in [0.29, 0.717) is 0 Å².